The number of halogens is 3. The van der Waals surface area contributed by atoms with Gasteiger partial charge in [0.05, 0.1) is 0 Å². The second-order valence-electron chi connectivity index (χ2n) is 2.89. The molecule has 0 aliphatic rings. The van der Waals surface area contributed by atoms with Crippen LogP contribution in [0.2, 0.25) is 0 Å². The van der Waals surface area contributed by atoms with Gasteiger partial charge in [-0.3, -0.25) is 0 Å². The van der Waals surface area contributed by atoms with Crippen LogP contribution in [0.25, 0.3) is 0 Å². The minimum absolute atomic E-state index is 0.696. The van der Waals surface area contributed by atoms with E-state index in [2.05, 4.69) is 0 Å². The Morgan fingerprint density at radius 1 is 1.07 bits per heavy atom. The Morgan fingerprint density at radius 3 is 2.07 bits per heavy atom. The Morgan fingerprint density at radius 2 is 1.60 bits per heavy atom. The Hall–Kier alpha value is -1.63. The van der Waals surface area contributed by atoms with Crippen LogP contribution < -0.4 is 5.73 Å². The highest BCUT2D eigenvalue weighted by molar-refractivity contribution is 5.54. The molecule has 84 valence electrons. The fraction of sp³-hybridized carbons (Fsp3) is 0.250. The highest BCUT2D eigenvalue weighted by Crippen LogP contribution is 2.42. The van der Waals surface area contributed by atoms with Gasteiger partial charge in [0.1, 0.15) is 6.04 Å². The molecule has 1 aromatic rings. The van der Waals surface area contributed by atoms with Crippen LogP contribution >= 0.6 is 0 Å². The first-order chi connectivity index (χ1) is 6.75. The zero-order valence-corrected chi connectivity index (χ0v) is 7.28. The van der Waals surface area contributed by atoms with E-state index in [1.54, 1.807) is 0 Å². The molecule has 0 bridgehead atoms. The first-order valence-corrected chi connectivity index (χ1v) is 3.81. The molecule has 0 heterocycles. The first-order valence-electron chi connectivity index (χ1n) is 3.81. The van der Waals surface area contributed by atoms with Crippen molar-refractivity contribution in [3.05, 3.63) is 17.7 Å². The molecule has 0 aromatic heterocycles. The lowest BCUT2D eigenvalue weighted by Crippen LogP contribution is -2.28. The SMILES string of the molecule is N[C@H](c1ccc(O)c(O)c1O)C(F)(F)F. The molecule has 0 amide bonds. The second-order valence-corrected chi connectivity index (χ2v) is 2.89. The van der Waals surface area contributed by atoms with E-state index in [0.717, 1.165) is 12.1 Å². The molecule has 4 nitrogen and oxygen atoms in total. The van der Waals surface area contributed by atoms with Gasteiger partial charge in [-0.1, -0.05) is 0 Å². The van der Waals surface area contributed by atoms with Crippen molar-refractivity contribution in [3.63, 3.8) is 0 Å². The van der Waals surface area contributed by atoms with Crippen molar-refractivity contribution in [1.29, 1.82) is 0 Å². The number of hydrogen-bond donors (Lipinski definition) is 4. The van der Waals surface area contributed by atoms with Crippen molar-refractivity contribution in [1.82, 2.24) is 0 Å². The van der Waals surface area contributed by atoms with Crippen molar-refractivity contribution in [2.45, 2.75) is 12.2 Å². The van der Waals surface area contributed by atoms with Crippen LogP contribution in [0.1, 0.15) is 11.6 Å². The minimum Gasteiger partial charge on any atom is -0.504 e. The summed E-state index contributed by atoms with van der Waals surface area (Å²) in [4.78, 5) is 0. The Kier molecular flexibility index (Phi) is 2.67. The van der Waals surface area contributed by atoms with Crippen LogP contribution in [0, 0.1) is 0 Å². The number of phenolic OH excluding ortho intramolecular Hbond substituents is 3. The number of hydrogen-bond acceptors (Lipinski definition) is 4. The van der Waals surface area contributed by atoms with E-state index < -0.39 is 35.0 Å². The molecule has 0 spiro atoms. The predicted octanol–water partition coefficient (Wildman–Crippen LogP) is 1.37. The summed E-state index contributed by atoms with van der Waals surface area (Å²) in [5.41, 5.74) is 4.12. The topological polar surface area (TPSA) is 86.7 Å². The largest absolute Gasteiger partial charge is 0.504 e. The molecule has 0 fully saturated rings. The van der Waals surface area contributed by atoms with Crippen molar-refractivity contribution in [3.8, 4) is 17.2 Å². The third-order valence-electron chi connectivity index (χ3n) is 1.85. The van der Waals surface area contributed by atoms with Crippen molar-refractivity contribution >= 4 is 0 Å². The molecule has 1 rings (SSSR count). The van der Waals surface area contributed by atoms with E-state index in [0.29, 0.717) is 0 Å². The van der Waals surface area contributed by atoms with Crippen molar-refractivity contribution in [2.75, 3.05) is 0 Å². The van der Waals surface area contributed by atoms with Gasteiger partial charge in [0.25, 0.3) is 0 Å². The maximum atomic E-state index is 12.2. The molecule has 7 heteroatoms. The molecule has 0 saturated heterocycles. The number of alkyl halides is 3. The predicted molar refractivity (Wildman–Crippen MR) is 44.4 cm³/mol. The first kappa shape index (κ1) is 11.4. The van der Waals surface area contributed by atoms with E-state index in [1.807, 2.05) is 0 Å². The quantitative estimate of drug-likeness (QED) is 0.541. The molecular formula is C8H8F3NO3. The number of nitrogens with two attached hydrogens (primary N) is 1. The van der Waals surface area contributed by atoms with Crippen LogP contribution in [0.15, 0.2) is 12.1 Å². The summed E-state index contributed by atoms with van der Waals surface area (Å²) in [7, 11) is 0. The standard InChI is InChI=1S/C8H8F3NO3/c9-8(10,11)7(12)3-1-2-4(13)6(15)5(3)14/h1-2,7,13-15H,12H2/t7-/m1/s1. The Bertz CT molecular complexity index is 378. The molecule has 0 saturated carbocycles. The molecular weight excluding hydrogens is 215 g/mol. The lowest BCUT2D eigenvalue weighted by Gasteiger charge is -2.17. The van der Waals surface area contributed by atoms with Gasteiger partial charge in [0, 0.05) is 5.56 Å². The monoisotopic (exact) mass is 223 g/mol. The lowest BCUT2D eigenvalue weighted by atomic mass is 10.1. The summed E-state index contributed by atoms with van der Waals surface area (Å²) < 4.78 is 36.5. The van der Waals surface area contributed by atoms with E-state index >= 15 is 0 Å². The summed E-state index contributed by atoms with van der Waals surface area (Å²) in [6.07, 6.45) is -4.74. The number of aromatic hydroxyl groups is 3. The smallest absolute Gasteiger partial charge is 0.407 e. The number of phenols is 3. The molecule has 0 aliphatic heterocycles. The summed E-state index contributed by atoms with van der Waals surface area (Å²) in [6, 6.07) is -0.803. The summed E-state index contributed by atoms with van der Waals surface area (Å²) in [5.74, 6) is -2.81. The van der Waals surface area contributed by atoms with Gasteiger partial charge in [-0.15, -0.1) is 0 Å². The van der Waals surface area contributed by atoms with Gasteiger partial charge in [0.2, 0.25) is 5.75 Å². The lowest BCUT2D eigenvalue weighted by molar-refractivity contribution is -0.149. The van der Waals surface area contributed by atoms with Gasteiger partial charge in [-0.2, -0.15) is 13.2 Å². The van der Waals surface area contributed by atoms with Gasteiger partial charge in [-0.25, -0.2) is 0 Å². The Labute approximate surface area is 82.4 Å². The average Bonchev–Trinajstić information content (AvgIpc) is 2.12. The van der Waals surface area contributed by atoms with Crippen LogP contribution in [0.3, 0.4) is 0 Å². The fourth-order valence-electron chi connectivity index (χ4n) is 1.01. The van der Waals surface area contributed by atoms with E-state index in [9.17, 15) is 13.2 Å². The maximum absolute atomic E-state index is 12.2. The highest BCUT2D eigenvalue weighted by atomic mass is 19.4. The summed E-state index contributed by atoms with van der Waals surface area (Å²) in [6.45, 7) is 0. The third kappa shape index (κ3) is 2.07. The number of benzene rings is 1. The molecule has 0 radical (unpaired) electrons. The van der Waals surface area contributed by atoms with Gasteiger partial charge in [0.15, 0.2) is 11.5 Å². The normalized spacial score (nSPS) is 13.9. The second kappa shape index (κ2) is 3.50. The van der Waals surface area contributed by atoms with Crippen LogP contribution in [0.5, 0.6) is 17.2 Å². The van der Waals surface area contributed by atoms with E-state index in [1.165, 1.54) is 0 Å². The zero-order chi connectivity index (χ0) is 11.8. The van der Waals surface area contributed by atoms with Crippen molar-refractivity contribution < 1.29 is 28.5 Å². The molecule has 1 atom stereocenters. The molecule has 5 N–H and O–H groups in total. The van der Waals surface area contributed by atoms with Crippen LogP contribution in [-0.2, 0) is 0 Å². The third-order valence-corrected chi connectivity index (χ3v) is 1.85. The number of rotatable bonds is 1. The van der Waals surface area contributed by atoms with Gasteiger partial charge in [-0.05, 0) is 12.1 Å². The summed E-state index contributed by atoms with van der Waals surface area (Å²) >= 11 is 0. The Balaban J connectivity index is 3.23. The minimum atomic E-state index is -4.74. The van der Waals surface area contributed by atoms with Crippen LogP contribution in [0.4, 0.5) is 13.2 Å². The van der Waals surface area contributed by atoms with E-state index in [4.69, 9.17) is 21.1 Å². The maximum Gasteiger partial charge on any atom is 0.407 e. The van der Waals surface area contributed by atoms with Crippen LogP contribution in [-0.4, -0.2) is 21.5 Å². The zero-order valence-electron chi connectivity index (χ0n) is 7.28. The van der Waals surface area contributed by atoms with Crippen molar-refractivity contribution in [2.24, 2.45) is 5.73 Å². The molecule has 1 aromatic carbocycles. The van der Waals surface area contributed by atoms with Gasteiger partial charge >= 0.3 is 6.18 Å². The molecule has 0 aliphatic carbocycles. The van der Waals surface area contributed by atoms with Gasteiger partial charge < -0.3 is 21.1 Å². The molecule has 15 heavy (non-hydrogen) atoms. The average molecular weight is 223 g/mol. The summed E-state index contributed by atoms with van der Waals surface area (Å²) in [5, 5.41) is 27.0. The van der Waals surface area contributed by atoms with E-state index in [-0.39, 0.29) is 0 Å². The highest BCUT2D eigenvalue weighted by Gasteiger charge is 2.39. The molecule has 0 unspecified atom stereocenters. The fourth-order valence-corrected chi connectivity index (χ4v) is 1.01.